The number of nitrogens with zero attached hydrogens (tertiary/aromatic N) is 1. The molecule has 0 spiro atoms. The highest BCUT2D eigenvalue weighted by Crippen LogP contribution is 2.25. The van der Waals surface area contributed by atoms with Gasteiger partial charge in [0.15, 0.2) is 11.6 Å². The Bertz CT molecular complexity index is 662. The van der Waals surface area contributed by atoms with Gasteiger partial charge in [-0.2, -0.15) is 0 Å². The minimum absolute atomic E-state index is 0.0230. The van der Waals surface area contributed by atoms with Gasteiger partial charge in [0.2, 0.25) is 0 Å². The molecule has 0 saturated heterocycles. The normalized spacial score (nSPS) is 10.3. The van der Waals surface area contributed by atoms with Gasteiger partial charge in [-0.25, -0.2) is 19.4 Å². The number of urea groups is 1. The molecule has 22 heavy (non-hydrogen) atoms. The lowest BCUT2D eigenvalue weighted by Gasteiger charge is -2.13. The molecule has 0 atom stereocenters. The van der Waals surface area contributed by atoms with Crippen molar-refractivity contribution in [3.63, 3.8) is 0 Å². The van der Waals surface area contributed by atoms with Crippen molar-refractivity contribution in [3.05, 3.63) is 59.7 Å². The van der Waals surface area contributed by atoms with Gasteiger partial charge in [-0.3, -0.25) is 5.01 Å². The van der Waals surface area contributed by atoms with Gasteiger partial charge >= 0.3 is 6.03 Å². The number of hydrazine groups is 1. The predicted octanol–water partition coefficient (Wildman–Crippen LogP) is 2.55. The van der Waals surface area contributed by atoms with E-state index < -0.39 is 17.7 Å². The highest BCUT2D eigenvalue weighted by Gasteiger charge is 2.08. The van der Waals surface area contributed by atoms with Crippen molar-refractivity contribution < 1.29 is 18.3 Å². The van der Waals surface area contributed by atoms with E-state index in [1.807, 2.05) is 0 Å². The Kier molecular flexibility index (Phi) is 4.90. The average Bonchev–Trinajstić information content (AvgIpc) is 2.49. The summed E-state index contributed by atoms with van der Waals surface area (Å²) < 4.78 is 32.1. The third kappa shape index (κ3) is 4.16. The lowest BCUT2D eigenvalue weighted by Crippen LogP contribution is -2.42. The van der Waals surface area contributed by atoms with Crippen LogP contribution in [0.3, 0.4) is 0 Å². The van der Waals surface area contributed by atoms with Crippen LogP contribution in [0.1, 0.15) is 5.56 Å². The van der Waals surface area contributed by atoms with Crippen LogP contribution in [-0.2, 0) is 6.42 Å². The number of halogens is 2. The number of rotatable bonds is 5. The first-order chi connectivity index (χ1) is 10.5. The van der Waals surface area contributed by atoms with Crippen LogP contribution in [0.4, 0.5) is 13.6 Å². The van der Waals surface area contributed by atoms with Crippen LogP contribution in [0.15, 0.2) is 42.5 Å². The van der Waals surface area contributed by atoms with Gasteiger partial charge in [-0.05, 0) is 48.4 Å². The third-order valence-electron chi connectivity index (χ3n) is 2.96. The van der Waals surface area contributed by atoms with E-state index in [0.717, 1.165) is 5.01 Å². The molecule has 0 fully saturated rings. The van der Waals surface area contributed by atoms with E-state index in [1.54, 1.807) is 6.07 Å². The van der Waals surface area contributed by atoms with Crippen LogP contribution in [0.2, 0.25) is 0 Å². The van der Waals surface area contributed by atoms with Crippen LogP contribution >= 0.6 is 0 Å². The van der Waals surface area contributed by atoms with Crippen molar-refractivity contribution in [2.75, 3.05) is 6.54 Å². The maximum absolute atomic E-state index is 14.0. The summed E-state index contributed by atoms with van der Waals surface area (Å²) in [4.78, 5) is 10.8. The van der Waals surface area contributed by atoms with Crippen LogP contribution in [0, 0.1) is 11.6 Å². The number of benzene rings is 2. The second kappa shape index (κ2) is 6.86. The number of amides is 2. The smallest absolute Gasteiger partial charge is 0.328 e. The molecule has 0 heterocycles. The lowest BCUT2D eigenvalue weighted by molar-refractivity contribution is 0.209. The molecule has 0 unspecified atom stereocenters. The average molecular weight is 307 g/mol. The quantitative estimate of drug-likeness (QED) is 0.506. The van der Waals surface area contributed by atoms with E-state index in [9.17, 15) is 13.6 Å². The summed E-state index contributed by atoms with van der Waals surface area (Å²) in [5, 5.41) is 0.848. The van der Waals surface area contributed by atoms with Gasteiger partial charge in [0, 0.05) is 6.54 Å². The molecular weight excluding hydrogens is 292 g/mol. The molecule has 0 aliphatic rings. The number of hydrogen-bond donors (Lipinski definition) is 2. The molecule has 0 saturated carbocycles. The summed E-state index contributed by atoms with van der Waals surface area (Å²) in [7, 11) is 0. The van der Waals surface area contributed by atoms with Gasteiger partial charge in [-0.15, -0.1) is 0 Å². The van der Waals surface area contributed by atoms with Gasteiger partial charge in [0.25, 0.3) is 0 Å². The molecule has 2 aromatic carbocycles. The summed E-state index contributed by atoms with van der Waals surface area (Å²) in [6.07, 6.45) is 0.354. The largest absolute Gasteiger partial charge is 0.454 e. The van der Waals surface area contributed by atoms with Crippen molar-refractivity contribution in [1.29, 1.82) is 0 Å². The zero-order valence-electron chi connectivity index (χ0n) is 11.6. The summed E-state index contributed by atoms with van der Waals surface area (Å²) in [5.41, 5.74) is 5.63. The molecule has 2 amide bonds. The molecule has 0 aliphatic carbocycles. The SMILES string of the molecule is NC(=O)N(N)CCc1ccc(Oc2ccc(F)cc2)c(F)c1. The van der Waals surface area contributed by atoms with Gasteiger partial charge in [0.1, 0.15) is 11.6 Å². The topological polar surface area (TPSA) is 81.6 Å². The van der Waals surface area contributed by atoms with Crippen LogP contribution in [0.25, 0.3) is 0 Å². The maximum atomic E-state index is 14.0. The summed E-state index contributed by atoms with van der Waals surface area (Å²) in [6, 6.07) is 8.90. The molecule has 2 rings (SSSR count). The van der Waals surface area contributed by atoms with E-state index in [2.05, 4.69) is 0 Å². The Morgan fingerprint density at radius 2 is 1.82 bits per heavy atom. The monoisotopic (exact) mass is 307 g/mol. The van der Waals surface area contributed by atoms with Gasteiger partial charge in [-0.1, -0.05) is 6.07 Å². The Labute approximate surface area is 126 Å². The van der Waals surface area contributed by atoms with E-state index in [-0.39, 0.29) is 12.3 Å². The van der Waals surface area contributed by atoms with E-state index in [0.29, 0.717) is 17.7 Å². The predicted molar refractivity (Wildman–Crippen MR) is 77.1 cm³/mol. The van der Waals surface area contributed by atoms with Crippen molar-refractivity contribution in [2.24, 2.45) is 11.6 Å². The number of ether oxygens (including phenoxy) is 1. The number of carbonyl (C=O) groups is 1. The van der Waals surface area contributed by atoms with Crippen molar-refractivity contribution in [3.8, 4) is 11.5 Å². The molecule has 116 valence electrons. The fourth-order valence-electron chi connectivity index (χ4n) is 1.77. The molecule has 2 aromatic rings. The third-order valence-corrected chi connectivity index (χ3v) is 2.96. The molecule has 0 bridgehead atoms. The van der Waals surface area contributed by atoms with E-state index in [4.69, 9.17) is 16.3 Å². The molecule has 0 radical (unpaired) electrons. The molecule has 7 heteroatoms. The second-order valence-corrected chi connectivity index (χ2v) is 4.60. The Morgan fingerprint density at radius 1 is 1.14 bits per heavy atom. The zero-order chi connectivity index (χ0) is 16.1. The molecule has 0 aliphatic heterocycles. The van der Waals surface area contributed by atoms with Crippen LogP contribution in [-0.4, -0.2) is 17.6 Å². The van der Waals surface area contributed by atoms with Gasteiger partial charge < -0.3 is 10.5 Å². The van der Waals surface area contributed by atoms with Gasteiger partial charge in [0.05, 0.1) is 0 Å². The van der Waals surface area contributed by atoms with Crippen molar-refractivity contribution in [1.82, 2.24) is 5.01 Å². The fourth-order valence-corrected chi connectivity index (χ4v) is 1.77. The number of primary amides is 1. The first-order valence-corrected chi connectivity index (χ1v) is 6.49. The zero-order valence-corrected chi connectivity index (χ0v) is 11.6. The van der Waals surface area contributed by atoms with Crippen LogP contribution in [0.5, 0.6) is 11.5 Å². The minimum atomic E-state index is -0.753. The lowest BCUT2D eigenvalue weighted by atomic mass is 10.1. The van der Waals surface area contributed by atoms with Crippen LogP contribution < -0.4 is 16.3 Å². The maximum Gasteiger partial charge on any atom is 0.328 e. The molecule has 0 aromatic heterocycles. The Balaban J connectivity index is 2.03. The highest BCUT2D eigenvalue weighted by atomic mass is 19.1. The minimum Gasteiger partial charge on any atom is -0.454 e. The van der Waals surface area contributed by atoms with E-state index >= 15 is 0 Å². The second-order valence-electron chi connectivity index (χ2n) is 4.60. The number of carbonyl (C=O) groups excluding carboxylic acids is 1. The van der Waals surface area contributed by atoms with Crippen molar-refractivity contribution >= 4 is 6.03 Å². The summed E-state index contributed by atoms with van der Waals surface area (Å²) >= 11 is 0. The standard InChI is InChI=1S/C15H15F2N3O2/c16-11-2-4-12(5-3-11)22-14-6-1-10(9-13(14)17)7-8-20(19)15(18)21/h1-6,9H,7-8,19H2,(H2,18,21). The van der Waals surface area contributed by atoms with Crippen molar-refractivity contribution in [2.45, 2.75) is 6.42 Å². The molecule has 5 nitrogen and oxygen atoms in total. The summed E-state index contributed by atoms with van der Waals surface area (Å²) in [5.74, 6) is 4.74. The first-order valence-electron chi connectivity index (χ1n) is 6.49. The molecule has 4 N–H and O–H groups in total. The fraction of sp³-hybridized carbons (Fsp3) is 0.133. The Morgan fingerprint density at radius 3 is 2.41 bits per heavy atom. The number of nitrogens with two attached hydrogens (primary N) is 2. The summed E-state index contributed by atoms with van der Waals surface area (Å²) in [6.45, 7) is 0.174. The first kappa shape index (κ1) is 15.7. The van der Waals surface area contributed by atoms with E-state index in [1.165, 1.54) is 36.4 Å². The number of hydrogen-bond acceptors (Lipinski definition) is 3. The highest BCUT2D eigenvalue weighted by molar-refractivity contribution is 5.71. The molecular formula is C15H15F2N3O2. The Hall–Kier alpha value is -2.67.